The number of aromatic nitrogens is 4. The molecule has 5 heterocycles. The van der Waals surface area contributed by atoms with E-state index in [1.807, 2.05) is 59.0 Å². The van der Waals surface area contributed by atoms with Crippen molar-refractivity contribution in [3.8, 4) is 11.1 Å². The molecule has 0 radical (unpaired) electrons. The lowest BCUT2D eigenvalue weighted by molar-refractivity contribution is -0.248. The molecule has 4 fully saturated rings. The lowest BCUT2D eigenvalue weighted by Crippen LogP contribution is -2.64. The number of rotatable bonds is 38. The van der Waals surface area contributed by atoms with Gasteiger partial charge in [-0.25, -0.2) is 24.4 Å². The van der Waals surface area contributed by atoms with Gasteiger partial charge in [-0.15, -0.1) is 0 Å². The van der Waals surface area contributed by atoms with Crippen molar-refractivity contribution in [2.24, 2.45) is 27.9 Å². The van der Waals surface area contributed by atoms with Gasteiger partial charge in [0.05, 0.1) is 40.1 Å². The number of unbranched alkanes of at least 4 members (excludes halogenated alkanes) is 2. The number of carboxylic acid groups (broad SMARTS) is 1. The molecule has 6 aliphatic rings. The Balaban J connectivity index is 0.699. The zero-order valence-electron chi connectivity index (χ0n) is 63.4. The topological polar surface area (TPSA) is 444 Å². The molecule has 2 unspecified atom stereocenters. The summed E-state index contributed by atoms with van der Waals surface area (Å²) in [6, 6.07) is 20.0. The number of nitrogens with one attached hydrogen (secondary N) is 5. The lowest BCUT2D eigenvalue weighted by Gasteiger charge is -2.69. The molecule has 4 saturated carbocycles. The Morgan fingerprint density at radius 2 is 1.46 bits per heavy atom. The van der Waals surface area contributed by atoms with Crippen LogP contribution in [0.4, 0.5) is 26.2 Å². The number of benzene rings is 3. The van der Waals surface area contributed by atoms with Crippen LogP contribution < -0.4 is 37.2 Å². The number of aromatic carboxylic acids is 1. The number of hydrogen-bond acceptors (Lipinski definition) is 21. The summed E-state index contributed by atoms with van der Waals surface area (Å²) in [5.74, 6) is -5.48. The van der Waals surface area contributed by atoms with Gasteiger partial charge in [-0.2, -0.15) is 21.9 Å². The Hall–Kier alpha value is -9.78. The molecule has 602 valence electrons. The zero-order chi connectivity index (χ0) is 80.5. The molecule has 9 amide bonds. The maximum Gasteiger partial charge on any atom is 0.410 e. The van der Waals surface area contributed by atoms with Crippen molar-refractivity contribution in [2.75, 3.05) is 86.0 Å². The molecule has 0 saturated heterocycles. The molecular weight excluding hydrogens is 1510 g/mol. The first-order valence-electron chi connectivity index (χ1n) is 37.6. The molecule has 35 heteroatoms. The summed E-state index contributed by atoms with van der Waals surface area (Å²) >= 11 is 1.39. The predicted octanol–water partition coefficient (Wildman–Crippen LogP) is 7.73. The fourth-order valence-corrected chi connectivity index (χ4v) is 19.3. The van der Waals surface area contributed by atoms with E-state index in [1.54, 1.807) is 49.2 Å². The lowest BCUT2D eigenvalue weighted by atomic mass is 9.39. The number of amides is 9. The van der Waals surface area contributed by atoms with Crippen molar-refractivity contribution in [1.82, 2.24) is 50.4 Å². The van der Waals surface area contributed by atoms with Crippen LogP contribution in [-0.4, -0.2) is 207 Å². The number of hydrogen-bond donors (Lipinski definition) is 9. The van der Waals surface area contributed by atoms with Gasteiger partial charge in [0, 0.05) is 112 Å². The Kier molecular flexibility index (Phi) is 26.1. The predicted molar refractivity (Wildman–Crippen MR) is 417 cm³/mol. The molecular formula is C77H98N14O18S3. The first kappa shape index (κ1) is 83.2. The summed E-state index contributed by atoms with van der Waals surface area (Å²) in [7, 11) is -9.11. The molecule has 6 aromatic rings. The number of pyridine rings is 1. The van der Waals surface area contributed by atoms with Crippen LogP contribution in [0, 0.1) is 29.1 Å². The molecule has 4 aliphatic carbocycles. The number of ether oxygens (including phenoxy) is 2. The Labute approximate surface area is 653 Å². The summed E-state index contributed by atoms with van der Waals surface area (Å²) < 4.78 is 84.2. The zero-order valence-corrected chi connectivity index (χ0v) is 65.9. The van der Waals surface area contributed by atoms with Gasteiger partial charge in [-0.05, 0) is 159 Å². The minimum atomic E-state index is -4.61. The number of urea groups is 1. The number of anilines is 3. The van der Waals surface area contributed by atoms with Gasteiger partial charge in [0.1, 0.15) is 24.5 Å². The molecule has 10 N–H and O–H groups in total. The third-order valence-corrected chi connectivity index (χ3v) is 24.0. The van der Waals surface area contributed by atoms with Gasteiger partial charge in [0.25, 0.3) is 38.0 Å². The van der Waals surface area contributed by atoms with Crippen molar-refractivity contribution in [1.29, 1.82) is 0 Å². The smallest absolute Gasteiger partial charge is 0.410 e. The van der Waals surface area contributed by atoms with E-state index in [4.69, 9.17) is 25.3 Å². The molecule has 32 nitrogen and oxygen atoms in total. The highest BCUT2D eigenvalue weighted by Crippen LogP contribution is 2.72. The van der Waals surface area contributed by atoms with E-state index < -0.39 is 110 Å². The number of fused-ring (bicyclic) bond motifs is 2. The maximum absolute atomic E-state index is 13.9. The van der Waals surface area contributed by atoms with E-state index in [1.165, 1.54) is 35.6 Å². The molecule has 3 aromatic heterocycles. The van der Waals surface area contributed by atoms with Gasteiger partial charge < -0.3 is 51.4 Å². The van der Waals surface area contributed by atoms with E-state index in [9.17, 15) is 74.2 Å². The van der Waals surface area contributed by atoms with Gasteiger partial charge in [-0.3, -0.25) is 57.7 Å². The first-order valence-corrected chi connectivity index (χ1v) is 41.6. The normalized spacial score (nSPS) is 20.4. The first-order chi connectivity index (χ1) is 53.0. The van der Waals surface area contributed by atoms with Crippen molar-refractivity contribution in [3.63, 3.8) is 0 Å². The average molecular weight is 1600 g/mol. The largest absolute Gasteiger partial charge is 0.476 e. The second kappa shape index (κ2) is 35.1. The number of primary amides is 1. The van der Waals surface area contributed by atoms with Crippen LogP contribution in [0.25, 0.3) is 21.3 Å². The van der Waals surface area contributed by atoms with E-state index >= 15 is 0 Å². The summed E-state index contributed by atoms with van der Waals surface area (Å²) in [5, 5.41) is 29.9. The standard InChI is InChI=1S/C77H98N14O18S3/c1-49(2)65(85-62(92)18-7-6-10-29-90-63(93)25-26-64(90)94)69(97)82-59(16-12-28-79-71(78)100)68(96)81-53-21-19-51(20-22-53)41-108-73(101)88(35-38-112(105,106)107)32-31-87(34-37-111(102,103)104)33-36-109-77-45-74(4)42-75(5,46-77)44-76(43-74,47-77)48-91-50(3)56(39-80-91)54-23-24-61(84-66(54)70(98)99)89-30-27-52-13-11-14-55(57(52)40-89)67(95)86-72-83-58-15-8-9-17-60(58)110-72/h8-9,11,13-15,17,19-26,39,49,59,65H,6-7,10,12,16,18,27-38,40-48H2,1-5H3,(H,81,96)(H,82,97)(H,85,92)(H,98,99)(H3,78,79,100)(H,83,86,95)(H,102,103,104)(H,105,106,107)/t59-,65-,74?,75?,76?,77?/m0/s1. The van der Waals surface area contributed by atoms with Crippen LogP contribution in [0.15, 0.2) is 97.2 Å². The van der Waals surface area contributed by atoms with E-state index in [-0.39, 0.29) is 105 Å². The van der Waals surface area contributed by atoms with Crippen molar-refractivity contribution in [3.05, 3.63) is 131 Å². The number of carboxylic acids is 1. The monoisotopic (exact) mass is 1600 g/mol. The van der Waals surface area contributed by atoms with Crippen molar-refractivity contribution < 1.29 is 83.7 Å². The highest BCUT2D eigenvalue weighted by molar-refractivity contribution is 7.86. The third-order valence-electron chi connectivity index (χ3n) is 21.7. The van der Waals surface area contributed by atoms with E-state index in [0.29, 0.717) is 84.9 Å². The highest BCUT2D eigenvalue weighted by atomic mass is 32.2. The molecule has 2 aliphatic heterocycles. The quantitative estimate of drug-likeness (QED) is 0.0102. The van der Waals surface area contributed by atoms with Crippen LogP contribution in [-0.2, 0) is 79.8 Å². The van der Waals surface area contributed by atoms with Crippen LogP contribution in [0.3, 0.4) is 0 Å². The van der Waals surface area contributed by atoms with Gasteiger partial charge in [0.2, 0.25) is 17.7 Å². The van der Waals surface area contributed by atoms with Crippen LogP contribution in [0.1, 0.15) is 148 Å². The number of para-hydroxylation sites is 1. The molecule has 4 atom stereocenters. The molecule has 0 spiro atoms. The summed E-state index contributed by atoms with van der Waals surface area (Å²) in [4.78, 5) is 132. The Bertz CT molecular complexity index is 4750. The SMILES string of the molecule is Cc1c(-c2ccc(N3CCc4cccc(C(=O)Nc5nc6ccccc6s5)c4C3)nc2C(=O)O)cnn1CC12CC3(C)CC(C)(C1)CC(OCCN(CCN(CCS(=O)(=O)O)C(=O)OCc1ccc(NC(=O)[C@H](CCCNC(N)=O)NC(=O)[C@@H](NC(=O)CCCCCN4C(=O)C=CC4=O)C(C)C)cc1)CCS(=O)(=O)O)(C3)C2. The summed E-state index contributed by atoms with van der Waals surface area (Å²) in [5.41, 5.74) is 9.52. The molecule has 4 bridgehead atoms. The van der Waals surface area contributed by atoms with E-state index in [2.05, 4.69) is 45.4 Å². The molecule has 3 aromatic carbocycles. The minimum absolute atomic E-state index is 0.0397. The van der Waals surface area contributed by atoms with Crippen molar-refractivity contribution in [2.45, 2.75) is 155 Å². The number of thiazole rings is 1. The minimum Gasteiger partial charge on any atom is -0.476 e. The Morgan fingerprint density at radius 1 is 0.750 bits per heavy atom. The maximum atomic E-state index is 13.9. The van der Waals surface area contributed by atoms with Gasteiger partial charge in [-0.1, -0.05) is 81.9 Å². The fraction of sp³-hybridized carbons (Fsp3) is 0.506. The number of nitrogens with zero attached hydrogens (tertiary/aromatic N) is 8. The molecule has 112 heavy (non-hydrogen) atoms. The van der Waals surface area contributed by atoms with Gasteiger partial charge in [0.15, 0.2) is 10.8 Å². The second-order valence-electron chi connectivity index (χ2n) is 31.3. The highest BCUT2D eigenvalue weighted by Gasteiger charge is 2.66. The van der Waals surface area contributed by atoms with E-state index in [0.717, 1.165) is 68.9 Å². The second-order valence-corrected chi connectivity index (χ2v) is 35.5. The molecule has 12 rings (SSSR count). The number of carbonyl (C=O) groups excluding carboxylic acids is 8. The van der Waals surface area contributed by atoms with Crippen LogP contribution in [0.2, 0.25) is 0 Å². The Morgan fingerprint density at radius 3 is 2.15 bits per heavy atom. The third kappa shape index (κ3) is 21.5. The summed E-state index contributed by atoms with van der Waals surface area (Å²) in [6.07, 6.45) is 10.4. The van der Waals surface area contributed by atoms with Gasteiger partial charge >= 0.3 is 18.1 Å². The van der Waals surface area contributed by atoms with Crippen LogP contribution in [0.5, 0.6) is 0 Å². The number of nitrogens with two attached hydrogens (primary N) is 1. The fourth-order valence-electron chi connectivity index (χ4n) is 17.5. The summed E-state index contributed by atoms with van der Waals surface area (Å²) in [6.45, 7) is 10.5. The van der Waals surface area contributed by atoms with Crippen molar-refractivity contribution >= 4 is 112 Å². The van der Waals surface area contributed by atoms with Crippen LogP contribution >= 0.6 is 11.3 Å². The number of carbonyl (C=O) groups is 9. The average Bonchev–Trinajstić information content (AvgIpc) is 0.737. The number of imide groups is 1.